The summed E-state index contributed by atoms with van der Waals surface area (Å²) in [5.41, 5.74) is 7.42. The Hall–Kier alpha value is -1.88. The van der Waals surface area contributed by atoms with Gasteiger partial charge < -0.3 is 10.6 Å². The molecule has 108 valence electrons. The smallest absolute Gasteiger partial charge is 0.196 e. The molecule has 1 atom stereocenters. The van der Waals surface area contributed by atoms with E-state index in [-0.39, 0.29) is 5.82 Å². The van der Waals surface area contributed by atoms with Crippen LogP contribution in [0, 0.1) is 5.82 Å². The van der Waals surface area contributed by atoms with Crippen LogP contribution >= 0.6 is 15.9 Å². The van der Waals surface area contributed by atoms with E-state index in [1.807, 2.05) is 35.2 Å². The summed E-state index contributed by atoms with van der Waals surface area (Å²) >= 11 is 3.44. The quantitative estimate of drug-likeness (QED) is 0.900. The molecule has 21 heavy (non-hydrogen) atoms. The first-order chi connectivity index (χ1) is 10.0. The van der Waals surface area contributed by atoms with Gasteiger partial charge in [0.2, 0.25) is 0 Å². The van der Waals surface area contributed by atoms with Gasteiger partial charge in [0.1, 0.15) is 5.82 Å². The Kier molecular flexibility index (Phi) is 3.45. The van der Waals surface area contributed by atoms with Crippen molar-refractivity contribution in [1.29, 1.82) is 0 Å². The molecule has 2 aromatic carbocycles. The van der Waals surface area contributed by atoms with Crippen LogP contribution in [0.3, 0.4) is 0 Å². The number of benzene rings is 2. The number of guanidine groups is 1. The van der Waals surface area contributed by atoms with Crippen molar-refractivity contribution in [2.75, 3.05) is 11.4 Å². The first kappa shape index (κ1) is 14.1. The SMILES string of the molecule is CC1(c2ccc(Br)cc2)CN=C(N)N1c1cccc(F)c1. The van der Waals surface area contributed by atoms with Gasteiger partial charge in [-0.3, -0.25) is 4.99 Å². The van der Waals surface area contributed by atoms with Crippen molar-refractivity contribution in [3.63, 3.8) is 0 Å². The number of nitrogens with zero attached hydrogens (tertiary/aromatic N) is 2. The lowest BCUT2D eigenvalue weighted by molar-refractivity contribution is 0.531. The highest BCUT2D eigenvalue weighted by molar-refractivity contribution is 9.10. The third-order valence-electron chi connectivity index (χ3n) is 3.80. The van der Waals surface area contributed by atoms with E-state index < -0.39 is 5.54 Å². The molecule has 0 saturated heterocycles. The van der Waals surface area contributed by atoms with Crippen molar-refractivity contribution in [3.8, 4) is 0 Å². The van der Waals surface area contributed by atoms with E-state index in [4.69, 9.17) is 5.73 Å². The van der Waals surface area contributed by atoms with Crippen molar-refractivity contribution in [2.24, 2.45) is 10.7 Å². The monoisotopic (exact) mass is 347 g/mol. The molecule has 2 aromatic rings. The molecule has 0 aliphatic carbocycles. The average molecular weight is 348 g/mol. The van der Waals surface area contributed by atoms with Gasteiger partial charge in [-0.1, -0.05) is 34.1 Å². The number of hydrogen-bond donors (Lipinski definition) is 1. The Bertz CT molecular complexity index is 699. The molecule has 1 aliphatic rings. The fraction of sp³-hybridized carbons (Fsp3) is 0.188. The fourth-order valence-corrected chi connectivity index (χ4v) is 2.96. The Balaban J connectivity index is 2.07. The molecule has 3 rings (SSSR count). The van der Waals surface area contributed by atoms with E-state index in [1.54, 1.807) is 6.07 Å². The first-order valence-corrected chi connectivity index (χ1v) is 7.42. The van der Waals surface area contributed by atoms with Crippen LogP contribution in [-0.2, 0) is 5.54 Å². The maximum Gasteiger partial charge on any atom is 0.196 e. The van der Waals surface area contributed by atoms with Crippen LogP contribution in [0.1, 0.15) is 12.5 Å². The second-order valence-electron chi connectivity index (χ2n) is 5.27. The van der Waals surface area contributed by atoms with Gasteiger partial charge in [-0.05, 0) is 42.8 Å². The third kappa shape index (κ3) is 2.42. The molecule has 0 aromatic heterocycles. The average Bonchev–Trinajstić information content (AvgIpc) is 2.76. The Morgan fingerprint density at radius 1 is 1.24 bits per heavy atom. The van der Waals surface area contributed by atoms with Crippen molar-refractivity contribution in [3.05, 3.63) is 64.4 Å². The van der Waals surface area contributed by atoms with Crippen molar-refractivity contribution in [2.45, 2.75) is 12.5 Å². The first-order valence-electron chi connectivity index (χ1n) is 6.62. The molecular weight excluding hydrogens is 333 g/mol. The summed E-state index contributed by atoms with van der Waals surface area (Å²) in [6, 6.07) is 14.5. The minimum absolute atomic E-state index is 0.287. The van der Waals surface area contributed by atoms with Crippen LogP contribution in [0.4, 0.5) is 10.1 Å². The van der Waals surface area contributed by atoms with E-state index >= 15 is 0 Å². The lowest BCUT2D eigenvalue weighted by atomic mass is 9.90. The predicted molar refractivity (Wildman–Crippen MR) is 86.9 cm³/mol. The second-order valence-corrected chi connectivity index (χ2v) is 6.19. The van der Waals surface area contributed by atoms with Gasteiger partial charge in [0.25, 0.3) is 0 Å². The van der Waals surface area contributed by atoms with Gasteiger partial charge in [0.15, 0.2) is 5.96 Å². The highest BCUT2D eigenvalue weighted by Crippen LogP contribution is 2.37. The highest BCUT2D eigenvalue weighted by atomic mass is 79.9. The predicted octanol–water partition coefficient (Wildman–Crippen LogP) is 3.64. The molecule has 0 radical (unpaired) electrons. The topological polar surface area (TPSA) is 41.6 Å². The van der Waals surface area contributed by atoms with Gasteiger partial charge >= 0.3 is 0 Å². The number of halogens is 2. The van der Waals surface area contributed by atoms with Gasteiger partial charge in [0, 0.05) is 10.2 Å². The third-order valence-corrected chi connectivity index (χ3v) is 4.33. The summed E-state index contributed by atoms with van der Waals surface area (Å²) in [7, 11) is 0. The molecule has 1 heterocycles. The zero-order valence-electron chi connectivity index (χ0n) is 11.6. The standard InChI is InChI=1S/C16H15BrFN3/c1-16(11-5-7-12(17)8-6-11)10-20-15(19)21(16)14-4-2-3-13(18)9-14/h2-9H,10H2,1H3,(H2,19,20). The number of rotatable bonds is 2. The number of nitrogens with two attached hydrogens (primary N) is 1. The minimum Gasteiger partial charge on any atom is -0.369 e. The van der Waals surface area contributed by atoms with Crippen LogP contribution in [0.2, 0.25) is 0 Å². The summed E-state index contributed by atoms with van der Waals surface area (Å²) in [6.45, 7) is 2.60. The minimum atomic E-state index is -0.418. The molecule has 1 unspecified atom stereocenters. The van der Waals surface area contributed by atoms with Crippen molar-refractivity contribution >= 4 is 27.6 Å². The second kappa shape index (κ2) is 5.15. The normalized spacial score (nSPS) is 21.5. The molecule has 1 aliphatic heterocycles. The zero-order chi connectivity index (χ0) is 15.0. The van der Waals surface area contributed by atoms with Crippen LogP contribution in [0.5, 0.6) is 0 Å². The Morgan fingerprint density at radius 3 is 2.62 bits per heavy atom. The maximum atomic E-state index is 13.5. The van der Waals surface area contributed by atoms with Gasteiger partial charge in [0.05, 0.1) is 12.1 Å². The summed E-state index contributed by atoms with van der Waals surface area (Å²) < 4.78 is 14.6. The molecule has 0 fully saturated rings. The summed E-state index contributed by atoms with van der Waals surface area (Å²) in [5.74, 6) is 0.122. The summed E-state index contributed by atoms with van der Waals surface area (Å²) in [5, 5.41) is 0. The lowest BCUT2D eigenvalue weighted by Gasteiger charge is -2.36. The molecule has 0 bridgehead atoms. The Labute approximate surface area is 131 Å². The van der Waals surface area contributed by atoms with E-state index in [0.29, 0.717) is 18.2 Å². The highest BCUT2D eigenvalue weighted by Gasteiger charge is 2.40. The maximum absolute atomic E-state index is 13.5. The number of hydrogen-bond acceptors (Lipinski definition) is 3. The van der Waals surface area contributed by atoms with Gasteiger partial charge in [-0.2, -0.15) is 0 Å². The van der Waals surface area contributed by atoms with Crippen LogP contribution < -0.4 is 10.6 Å². The van der Waals surface area contributed by atoms with Crippen molar-refractivity contribution < 1.29 is 4.39 Å². The van der Waals surface area contributed by atoms with E-state index in [9.17, 15) is 4.39 Å². The summed E-state index contributed by atoms with van der Waals surface area (Å²) in [6.07, 6.45) is 0. The molecule has 0 spiro atoms. The molecule has 0 saturated carbocycles. The molecule has 0 amide bonds. The van der Waals surface area contributed by atoms with Crippen LogP contribution in [0.25, 0.3) is 0 Å². The van der Waals surface area contributed by atoms with Crippen molar-refractivity contribution in [1.82, 2.24) is 0 Å². The summed E-state index contributed by atoms with van der Waals surface area (Å²) in [4.78, 5) is 6.25. The number of anilines is 1. The fourth-order valence-electron chi connectivity index (χ4n) is 2.69. The van der Waals surface area contributed by atoms with Gasteiger partial charge in [-0.25, -0.2) is 4.39 Å². The van der Waals surface area contributed by atoms with E-state index in [1.165, 1.54) is 12.1 Å². The lowest BCUT2D eigenvalue weighted by Crippen LogP contribution is -2.47. The van der Waals surface area contributed by atoms with Crippen LogP contribution in [-0.4, -0.2) is 12.5 Å². The van der Waals surface area contributed by atoms with E-state index in [2.05, 4.69) is 27.8 Å². The number of aliphatic imine (C=N–C) groups is 1. The Morgan fingerprint density at radius 2 is 1.95 bits per heavy atom. The zero-order valence-corrected chi connectivity index (χ0v) is 13.1. The molecular formula is C16H15BrFN3. The van der Waals surface area contributed by atoms with E-state index in [0.717, 1.165) is 10.0 Å². The largest absolute Gasteiger partial charge is 0.369 e. The van der Waals surface area contributed by atoms with Crippen LogP contribution in [0.15, 0.2) is 58.0 Å². The van der Waals surface area contributed by atoms with Gasteiger partial charge in [-0.15, -0.1) is 0 Å². The molecule has 5 heteroatoms. The molecule has 3 nitrogen and oxygen atoms in total. The molecule has 2 N–H and O–H groups in total.